The Kier molecular flexibility index (Phi) is 7.06. The molecule has 0 bridgehead atoms. The minimum absolute atomic E-state index is 0.295. The fourth-order valence-corrected chi connectivity index (χ4v) is 2.04. The molecule has 0 heterocycles. The number of unbranched alkanes of at least 4 members (excludes halogenated alkanes) is 2. The van der Waals surface area contributed by atoms with Crippen LogP contribution in [0.3, 0.4) is 0 Å². The molecule has 102 valence electrons. The van der Waals surface area contributed by atoms with E-state index in [0.717, 1.165) is 43.8 Å². The quantitative estimate of drug-likeness (QED) is 0.529. The maximum atomic E-state index is 13.5. The molecule has 4 heteroatoms. The molecule has 0 aliphatic carbocycles. The second-order valence-electron chi connectivity index (χ2n) is 4.46. The van der Waals surface area contributed by atoms with Gasteiger partial charge in [0.05, 0.1) is 7.11 Å². The van der Waals surface area contributed by atoms with E-state index in [2.05, 4.69) is 4.90 Å². The Morgan fingerprint density at radius 3 is 2.67 bits per heavy atom. The number of nitrogens with zero attached hydrogens (tertiary/aromatic N) is 1. The highest BCUT2D eigenvalue weighted by molar-refractivity contribution is 6.17. The van der Waals surface area contributed by atoms with Crippen molar-refractivity contribution in [2.75, 3.05) is 26.6 Å². The van der Waals surface area contributed by atoms with E-state index in [4.69, 9.17) is 16.3 Å². The van der Waals surface area contributed by atoms with Gasteiger partial charge in [0.15, 0.2) is 11.6 Å². The average molecular weight is 274 g/mol. The molecule has 0 unspecified atom stereocenters. The minimum atomic E-state index is -0.300. The van der Waals surface area contributed by atoms with Crippen LogP contribution in [-0.4, -0.2) is 31.5 Å². The Balaban J connectivity index is 2.39. The number of ether oxygens (including phenoxy) is 1. The van der Waals surface area contributed by atoms with Crippen molar-refractivity contribution in [2.24, 2.45) is 0 Å². The standard InChI is InChI=1S/C14H21ClFNO/c1-17(9-5-3-4-8-15)11-12-6-7-14(18-2)13(16)10-12/h6-7,10H,3-5,8-9,11H2,1-2H3. The smallest absolute Gasteiger partial charge is 0.165 e. The summed E-state index contributed by atoms with van der Waals surface area (Å²) in [6.45, 7) is 1.76. The van der Waals surface area contributed by atoms with Crippen molar-refractivity contribution in [1.29, 1.82) is 0 Å². The van der Waals surface area contributed by atoms with Crippen LogP contribution in [-0.2, 0) is 6.54 Å². The molecular formula is C14H21ClFNO. The third kappa shape index (κ3) is 5.23. The SMILES string of the molecule is COc1ccc(CN(C)CCCCCCl)cc1F. The molecule has 0 fully saturated rings. The Bertz CT molecular complexity index is 360. The van der Waals surface area contributed by atoms with E-state index in [9.17, 15) is 4.39 Å². The lowest BCUT2D eigenvalue weighted by Gasteiger charge is -2.16. The van der Waals surface area contributed by atoms with Gasteiger partial charge in [-0.25, -0.2) is 4.39 Å². The molecule has 0 N–H and O–H groups in total. The lowest BCUT2D eigenvalue weighted by molar-refractivity contribution is 0.317. The summed E-state index contributed by atoms with van der Waals surface area (Å²) < 4.78 is 18.4. The summed E-state index contributed by atoms with van der Waals surface area (Å²) in [5, 5.41) is 0. The largest absolute Gasteiger partial charge is 0.494 e. The molecule has 18 heavy (non-hydrogen) atoms. The highest BCUT2D eigenvalue weighted by atomic mass is 35.5. The predicted molar refractivity (Wildman–Crippen MR) is 73.9 cm³/mol. The molecule has 1 aromatic carbocycles. The molecule has 2 nitrogen and oxygen atoms in total. The van der Waals surface area contributed by atoms with E-state index >= 15 is 0 Å². The number of hydrogen-bond donors (Lipinski definition) is 0. The number of benzene rings is 1. The van der Waals surface area contributed by atoms with Crippen molar-refractivity contribution < 1.29 is 9.13 Å². The first kappa shape index (κ1) is 15.3. The first-order valence-corrected chi connectivity index (χ1v) is 6.77. The molecule has 0 spiro atoms. The zero-order chi connectivity index (χ0) is 13.4. The molecule has 0 saturated heterocycles. The fraction of sp³-hybridized carbons (Fsp3) is 0.571. The summed E-state index contributed by atoms with van der Waals surface area (Å²) in [5.41, 5.74) is 0.966. The minimum Gasteiger partial charge on any atom is -0.494 e. The van der Waals surface area contributed by atoms with Crippen molar-refractivity contribution >= 4 is 11.6 Å². The summed E-state index contributed by atoms with van der Waals surface area (Å²) in [4.78, 5) is 2.19. The lowest BCUT2D eigenvalue weighted by Crippen LogP contribution is -2.19. The summed E-state index contributed by atoms with van der Waals surface area (Å²) in [7, 11) is 3.52. The van der Waals surface area contributed by atoms with Gasteiger partial charge in [0, 0.05) is 12.4 Å². The Labute approximate surface area is 114 Å². The molecule has 1 aromatic rings. The van der Waals surface area contributed by atoms with Gasteiger partial charge in [-0.3, -0.25) is 0 Å². The molecule has 0 radical (unpaired) electrons. The van der Waals surface area contributed by atoms with E-state index in [0.29, 0.717) is 5.75 Å². The summed E-state index contributed by atoms with van der Waals surface area (Å²) in [6.07, 6.45) is 3.33. The van der Waals surface area contributed by atoms with Crippen molar-refractivity contribution in [1.82, 2.24) is 4.90 Å². The van der Waals surface area contributed by atoms with E-state index in [1.54, 1.807) is 6.07 Å². The lowest BCUT2D eigenvalue weighted by atomic mass is 10.2. The zero-order valence-corrected chi connectivity index (χ0v) is 11.8. The first-order chi connectivity index (χ1) is 8.67. The van der Waals surface area contributed by atoms with Crippen LogP contribution in [0.25, 0.3) is 0 Å². The van der Waals surface area contributed by atoms with Gasteiger partial charge in [-0.1, -0.05) is 12.5 Å². The Morgan fingerprint density at radius 2 is 2.06 bits per heavy atom. The van der Waals surface area contributed by atoms with Crippen molar-refractivity contribution in [3.8, 4) is 5.75 Å². The van der Waals surface area contributed by atoms with Crippen LogP contribution in [0.1, 0.15) is 24.8 Å². The van der Waals surface area contributed by atoms with Crippen LogP contribution >= 0.6 is 11.6 Å². The van der Waals surface area contributed by atoms with Gasteiger partial charge >= 0.3 is 0 Å². The van der Waals surface area contributed by atoms with Gasteiger partial charge in [0.25, 0.3) is 0 Å². The monoisotopic (exact) mass is 273 g/mol. The third-order valence-electron chi connectivity index (χ3n) is 2.84. The van der Waals surface area contributed by atoms with Gasteiger partial charge in [-0.05, 0) is 44.1 Å². The van der Waals surface area contributed by atoms with Gasteiger partial charge in [-0.15, -0.1) is 11.6 Å². The van der Waals surface area contributed by atoms with Crippen LogP contribution in [0.4, 0.5) is 4.39 Å². The second-order valence-corrected chi connectivity index (χ2v) is 4.83. The topological polar surface area (TPSA) is 12.5 Å². The number of methoxy groups -OCH3 is 1. The molecule has 0 amide bonds. The highest BCUT2D eigenvalue weighted by Crippen LogP contribution is 2.18. The third-order valence-corrected chi connectivity index (χ3v) is 3.11. The predicted octanol–water partition coefficient (Wildman–Crippen LogP) is 3.68. The Hall–Kier alpha value is -0.800. The van der Waals surface area contributed by atoms with E-state index in [1.807, 2.05) is 13.1 Å². The van der Waals surface area contributed by atoms with Crippen molar-refractivity contribution in [3.05, 3.63) is 29.6 Å². The Morgan fingerprint density at radius 1 is 1.28 bits per heavy atom. The van der Waals surface area contributed by atoms with Crippen LogP contribution in [0.15, 0.2) is 18.2 Å². The molecular weight excluding hydrogens is 253 g/mol. The molecule has 0 aliphatic rings. The summed E-state index contributed by atoms with van der Waals surface area (Å²) >= 11 is 5.63. The average Bonchev–Trinajstić information content (AvgIpc) is 2.35. The number of hydrogen-bond acceptors (Lipinski definition) is 2. The maximum Gasteiger partial charge on any atom is 0.165 e. The van der Waals surface area contributed by atoms with Gasteiger partial charge < -0.3 is 9.64 Å². The molecule has 0 aliphatic heterocycles. The molecule has 0 atom stereocenters. The second kappa shape index (κ2) is 8.33. The van der Waals surface area contributed by atoms with E-state index in [1.165, 1.54) is 13.2 Å². The van der Waals surface area contributed by atoms with Gasteiger partial charge in [0.2, 0.25) is 0 Å². The number of halogens is 2. The van der Waals surface area contributed by atoms with Gasteiger partial charge in [0.1, 0.15) is 0 Å². The van der Waals surface area contributed by atoms with Crippen LogP contribution < -0.4 is 4.74 Å². The van der Waals surface area contributed by atoms with Crippen LogP contribution in [0.5, 0.6) is 5.75 Å². The summed E-state index contributed by atoms with van der Waals surface area (Å²) in [6, 6.07) is 5.11. The fourth-order valence-electron chi connectivity index (χ4n) is 1.85. The molecule has 0 saturated carbocycles. The van der Waals surface area contributed by atoms with E-state index < -0.39 is 0 Å². The van der Waals surface area contributed by atoms with Crippen LogP contribution in [0.2, 0.25) is 0 Å². The number of alkyl halides is 1. The maximum absolute atomic E-state index is 13.5. The number of rotatable bonds is 8. The van der Waals surface area contributed by atoms with Crippen molar-refractivity contribution in [2.45, 2.75) is 25.8 Å². The first-order valence-electron chi connectivity index (χ1n) is 6.24. The summed E-state index contributed by atoms with van der Waals surface area (Å²) in [5.74, 6) is 0.724. The molecule has 1 rings (SSSR count). The highest BCUT2D eigenvalue weighted by Gasteiger charge is 2.05. The van der Waals surface area contributed by atoms with Crippen LogP contribution in [0, 0.1) is 5.82 Å². The normalized spacial score (nSPS) is 10.9. The molecule has 0 aromatic heterocycles. The zero-order valence-electron chi connectivity index (χ0n) is 11.1. The van der Waals surface area contributed by atoms with E-state index in [-0.39, 0.29) is 5.82 Å². The van der Waals surface area contributed by atoms with Gasteiger partial charge in [-0.2, -0.15) is 0 Å². The van der Waals surface area contributed by atoms with Crippen molar-refractivity contribution in [3.63, 3.8) is 0 Å².